The van der Waals surface area contributed by atoms with E-state index in [4.69, 9.17) is 10.7 Å². The lowest BCUT2D eigenvalue weighted by molar-refractivity contribution is -0.183. The second kappa shape index (κ2) is 7.50. The van der Waals surface area contributed by atoms with E-state index in [1.54, 1.807) is 10.5 Å². The van der Waals surface area contributed by atoms with E-state index < -0.39 is 12.2 Å². The fourth-order valence-corrected chi connectivity index (χ4v) is 4.92. The number of para-hydroxylation sites is 1. The Labute approximate surface area is 188 Å². The number of alkyl halides is 3. The van der Waals surface area contributed by atoms with Crippen LogP contribution in [-0.4, -0.2) is 49.8 Å². The Morgan fingerprint density at radius 2 is 1.85 bits per heavy atom. The van der Waals surface area contributed by atoms with Crippen molar-refractivity contribution in [3.8, 4) is 11.5 Å². The van der Waals surface area contributed by atoms with Gasteiger partial charge in [0, 0.05) is 30.7 Å². The largest absolute Gasteiger partial charge is 0.408 e. The first-order chi connectivity index (χ1) is 15.9. The SMILES string of the molecule is NC1CCN([C@@H](c2ccc3nnc(-c4ccc5cccc(C6CC6)c5n4)n3c2)C(F)(F)F)C1. The van der Waals surface area contributed by atoms with Crippen LogP contribution in [-0.2, 0) is 0 Å². The molecule has 0 radical (unpaired) electrons. The van der Waals surface area contributed by atoms with E-state index >= 15 is 0 Å². The Hall–Kier alpha value is -3.04. The van der Waals surface area contributed by atoms with Gasteiger partial charge in [0.15, 0.2) is 11.5 Å². The van der Waals surface area contributed by atoms with Gasteiger partial charge in [0.25, 0.3) is 0 Å². The lowest BCUT2D eigenvalue weighted by atomic mass is 10.1. The summed E-state index contributed by atoms with van der Waals surface area (Å²) in [6.07, 6.45) is -0.0723. The van der Waals surface area contributed by atoms with Crippen LogP contribution in [0.1, 0.15) is 42.3 Å². The molecular formula is C24H23F3N6. The maximum atomic E-state index is 14.1. The Morgan fingerprint density at radius 3 is 2.58 bits per heavy atom. The van der Waals surface area contributed by atoms with Crippen molar-refractivity contribution in [3.05, 3.63) is 59.8 Å². The van der Waals surface area contributed by atoms with E-state index in [9.17, 15) is 13.2 Å². The molecule has 9 heteroatoms. The van der Waals surface area contributed by atoms with Crippen LogP contribution in [0.4, 0.5) is 13.2 Å². The van der Waals surface area contributed by atoms with Crippen molar-refractivity contribution in [1.82, 2.24) is 24.5 Å². The lowest BCUT2D eigenvalue weighted by Gasteiger charge is -2.30. The average Bonchev–Trinajstić information content (AvgIpc) is 3.41. The molecule has 1 aliphatic heterocycles. The highest BCUT2D eigenvalue weighted by molar-refractivity contribution is 5.84. The number of fused-ring (bicyclic) bond motifs is 2. The van der Waals surface area contributed by atoms with Crippen LogP contribution in [0.25, 0.3) is 28.1 Å². The minimum atomic E-state index is -4.42. The minimum absolute atomic E-state index is 0.143. The van der Waals surface area contributed by atoms with E-state index in [2.05, 4.69) is 16.3 Å². The molecule has 6 rings (SSSR count). The van der Waals surface area contributed by atoms with Gasteiger partial charge in [-0.25, -0.2) is 4.98 Å². The maximum absolute atomic E-state index is 14.1. The second-order valence-electron chi connectivity index (χ2n) is 9.09. The van der Waals surface area contributed by atoms with Crippen LogP contribution in [0.5, 0.6) is 0 Å². The summed E-state index contributed by atoms with van der Waals surface area (Å²) in [5, 5.41) is 9.49. The highest BCUT2D eigenvalue weighted by atomic mass is 19.4. The summed E-state index contributed by atoms with van der Waals surface area (Å²) in [5.41, 5.74) is 9.24. The number of likely N-dealkylation sites (tertiary alicyclic amines) is 1. The molecule has 2 N–H and O–H groups in total. The van der Waals surface area contributed by atoms with Gasteiger partial charge in [0.2, 0.25) is 0 Å². The molecule has 1 saturated heterocycles. The minimum Gasteiger partial charge on any atom is -0.326 e. The zero-order chi connectivity index (χ0) is 22.7. The van der Waals surface area contributed by atoms with Crippen LogP contribution < -0.4 is 5.73 Å². The molecule has 1 unspecified atom stereocenters. The number of aromatic nitrogens is 4. The number of nitrogens with two attached hydrogens (primary N) is 1. The highest BCUT2D eigenvalue weighted by Crippen LogP contribution is 2.43. The molecule has 1 aromatic carbocycles. The standard InChI is InChI=1S/C24H23F3N6/c25-24(26,27)22(32-11-10-17(28)13-32)16-7-9-20-30-31-23(33(20)12-16)19-8-6-15-2-1-3-18(14-4-5-14)21(15)29-19/h1-3,6-9,12,14,17,22H,4-5,10-11,13,28H2/t17?,22-/m0/s1. The Morgan fingerprint density at radius 1 is 1.00 bits per heavy atom. The van der Waals surface area contributed by atoms with Gasteiger partial charge in [-0.1, -0.05) is 30.3 Å². The molecule has 2 atom stereocenters. The molecule has 1 saturated carbocycles. The van der Waals surface area contributed by atoms with Crippen molar-refractivity contribution in [2.24, 2.45) is 5.73 Å². The summed E-state index contributed by atoms with van der Waals surface area (Å²) in [7, 11) is 0. The van der Waals surface area contributed by atoms with Crippen LogP contribution in [0, 0.1) is 0 Å². The Kier molecular flexibility index (Phi) is 4.67. The molecule has 2 aliphatic rings. The van der Waals surface area contributed by atoms with Gasteiger partial charge in [-0.05, 0) is 48.4 Å². The predicted molar refractivity (Wildman–Crippen MR) is 119 cm³/mol. The summed E-state index contributed by atoms with van der Waals surface area (Å²) < 4.78 is 43.9. The van der Waals surface area contributed by atoms with Crippen molar-refractivity contribution >= 4 is 16.6 Å². The van der Waals surface area contributed by atoms with Gasteiger partial charge in [0.05, 0.1) is 5.52 Å². The monoisotopic (exact) mass is 452 g/mol. The number of nitrogens with zero attached hydrogens (tertiary/aromatic N) is 5. The van der Waals surface area contributed by atoms with Crippen LogP contribution >= 0.6 is 0 Å². The number of hydrogen-bond acceptors (Lipinski definition) is 5. The lowest BCUT2D eigenvalue weighted by Crippen LogP contribution is -2.38. The normalized spacial score (nSPS) is 20.7. The third-order valence-corrected chi connectivity index (χ3v) is 6.67. The van der Waals surface area contributed by atoms with Gasteiger partial charge in [-0.15, -0.1) is 10.2 Å². The fraction of sp³-hybridized carbons (Fsp3) is 0.375. The molecule has 0 amide bonds. The zero-order valence-electron chi connectivity index (χ0n) is 17.8. The molecule has 4 heterocycles. The molecule has 0 bridgehead atoms. The molecule has 1 aliphatic carbocycles. The van der Waals surface area contributed by atoms with Crippen LogP contribution in [0.2, 0.25) is 0 Å². The predicted octanol–water partition coefficient (Wildman–Crippen LogP) is 4.46. The van der Waals surface area contributed by atoms with E-state index in [0.29, 0.717) is 36.0 Å². The molecule has 3 aromatic heterocycles. The smallest absolute Gasteiger partial charge is 0.326 e. The van der Waals surface area contributed by atoms with Crippen molar-refractivity contribution in [3.63, 3.8) is 0 Å². The molecule has 0 spiro atoms. The number of pyridine rings is 2. The van der Waals surface area contributed by atoms with Crippen molar-refractivity contribution in [2.45, 2.75) is 43.4 Å². The number of hydrogen-bond donors (Lipinski definition) is 1. The third-order valence-electron chi connectivity index (χ3n) is 6.67. The summed E-state index contributed by atoms with van der Waals surface area (Å²) in [6.45, 7) is 0.530. The average molecular weight is 452 g/mol. The second-order valence-corrected chi connectivity index (χ2v) is 9.09. The maximum Gasteiger partial charge on any atom is 0.408 e. The first kappa shape index (κ1) is 20.6. The Bertz CT molecular complexity index is 1340. The molecule has 4 aromatic rings. The topological polar surface area (TPSA) is 72.3 Å². The van der Waals surface area contributed by atoms with Gasteiger partial charge < -0.3 is 5.73 Å². The van der Waals surface area contributed by atoms with E-state index in [-0.39, 0.29) is 18.2 Å². The highest BCUT2D eigenvalue weighted by Gasteiger charge is 2.46. The van der Waals surface area contributed by atoms with Gasteiger partial charge in [-0.3, -0.25) is 9.30 Å². The van der Waals surface area contributed by atoms with Gasteiger partial charge in [-0.2, -0.15) is 13.2 Å². The van der Waals surface area contributed by atoms with Gasteiger partial charge in [0.1, 0.15) is 11.7 Å². The number of benzene rings is 1. The van der Waals surface area contributed by atoms with Crippen molar-refractivity contribution < 1.29 is 13.2 Å². The third kappa shape index (κ3) is 3.65. The van der Waals surface area contributed by atoms with E-state index in [0.717, 1.165) is 23.7 Å². The summed E-state index contributed by atoms with van der Waals surface area (Å²) >= 11 is 0. The Balaban J connectivity index is 1.46. The molecule has 6 nitrogen and oxygen atoms in total. The van der Waals surface area contributed by atoms with Crippen molar-refractivity contribution in [2.75, 3.05) is 13.1 Å². The number of halogens is 3. The first-order valence-corrected chi connectivity index (χ1v) is 11.2. The van der Waals surface area contributed by atoms with E-state index in [1.807, 2.05) is 24.3 Å². The molecule has 2 fully saturated rings. The van der Waals surface area contributed by atoms with E-state index in [1.165, 1.54) is 22.7 Å². The van der Waals surface area contributed by atoms with Crippen molar-refractivity contribution in [1.29, 1.82) is 0 Å². The van der Waals surface area contributed by atoms with Gasteiger partial charge >= 0.3 is 6.18 Å². The van der Waals surface area contributed by atoms with Crippen LogP contribution in [0.3, 0.4) is 0 Å². The molecule has 33 heavy (non-hydrogen) atoms. The summed E-state index contributed by atoms with van der Waals surface area (Å²) in [4.78, 5) is 6.28. The van der Waals surface area contributed by atoms with Crippen LogP contribution in [0.15, 0.2) is 48.7 Å². The quantitative estimate of drug-likeness (QED) is 0.495. The summed E-state index contributed by atoms with van der Waals surface area (Å²) in [6, 6.07) is 11.1. The zero-order valence-corrected chi connectivity index (χ0v) is 17.8. The first-order valence-electron chi connectivity index (χ1n) is 11.2. The molecular weight excluding hydrogens is 429 g/mol. The molecule has 170 valence electrons. The summed E-state index contributed by atoms with van der Waals surface area (Å²) in [5.74, 6) is 0.955. The number of rotatable bonds is 4. The fourth-order valence-electron chi connectivity index (χ4n) is 4.92.